The highest BCUT2D eigenvalue weighted by molar-refractivity contribution is 5.88. The molecule has 3 N–H and O–H groups in total. The van der Waals surface area contributed by atoms with Crippen LogP contribution in [0, 0.1) is 0 Å². The lowest BCUT2D eigenvalue weighted by molar-refractivity contribution is 0.0697. The Kier molecular flexibility index (Phi) is 5.86. The normalized spacial score (nSPS) is 8.47. The van der Waals surface area contributed by atoms with E-state index in [0.29, 0.717) is 5.69 Å². The summed E-state index contributed by atoms with van der Waals surface area (Å²) >= 11 is 0. The molecule has 0 atom stereocenters. The van der Waals surface area contributed by atoms with Gasteiger partial charge in [0.15, 0.2) is 0 Å². The Bertz CT molecular complexity index is 352. The third-order valence-electron chi connectivity index (χ3n) is 1.71. The van der Waals surface area contributed by atoms with E-state index in [2.05, 4.69) is 19.9 Å². The highest BCUT2D eigenvalue weighted by Gasteiger charge is 1.99. The average Bonchev–Trinajstić information content (AvgIpc) is 2.18. The lowest BCUT2D eigenvalue weighted by Gasteiger charge is -1.93. The third-order valence-corrected chi connectivity index (χ3v) is 1.71. The van der Waals surface area contributed by atoms with Crippen molar-refractivity contribution in [1.29, 1.82) is 0 Å². The first-order chi connectivity index (χ1) is 6.97. The Morgan fingerprint density at radius 3 is 2.20 bits per heavy atom. The summed E-state index contributed by atoms with van der Waals surface area (Å²) in [5, 5.41) is 8.45. The van der Waals surface area contributed by atoms with Gasteiger partial charge in [-0.2, -0.15) is 0 Å². The van der Waals surface area contributed by atoms with Gasteiger partial charge in [-0.3, -0.25) is 0 Å². The van der Waals surface area contributed by atoms with Crippen LogP contribution in [0.25, 0.3) is 0 Å². The largest absolute Gasteiger partial charge is 0.478 e. The van der Waals surface area contributed by atoms with E-state index < -0.39 is 5.97 Å². The van der Waals surface area contributed by atoms with Gasteiger partial charge in [0.05, 0.1) is 5.56 Å². The lowest BCUT2D eigenvalue weighted by Crippen LogP contribution is -1.96. The molecule has 0 unspecified atom stereocenters. The van der Waals surface area contributed by atoms with Gasteiger partial charge in [-0.25, -0.2) is 4.79 Å². The summed E-state index contributed by atoms with van der Waals surface area (Å²) in [6.45, 7) is 6.20. The van der Waals surface area contributed by atoms with Crippen LogP contribution >= 0.6 is 0 Å². The number of nitrogens with two attached hydrogens (primary N) is 1. The molecule has 0 aromatic heterocycles. The first kappa shape index (κ1) is 13.2. The standard InChI is InChI=1S/C7H7NO2.C5H10/c8-6-3-1-2-5(4-6)7(9)10;1-4-5(2)3/h1-4H,8H2,(H,9,10);4H,1-3H3. The summed E-state index contributed by atoms with van der Waals surface area (Å²) in [6.07, 6.45) is 2.08. The Morgan fingerprint density at radius 2 is 1.93 bits per heavy atom. The maximum atomic E-state index is 10.3. The number of hydrogen-bond acceptors (Lipinski definition) is 2. The van der Waals surface area contributed by atoms with E-state index in [9.17, 15) is 4.79 Å². The molecule has 0 aliphatic heterocycles. The van der Waals surface area contributed by atoms with Gasteiger partial charge in [0.2, 0.25) is 0 Å². The molecule has 0 radical (unpaired) electrons. The Morgan fingerprint density at radius 1 is 1.40 bits per heavy atom. The minimum absolute atomic E-state index is 0.222. The highest BCUT2D eigenvalue weighted by atomic mass is 16.4. The quantitative estimate of drug-likeness (QED) is 0.549. The number of carboxylic acids is 1. The van der Waals surface area contributed by atoms with Gasteiger partial charge in [-0.1, -0.05) is 17.7 Å². The lowest BCUT2D eigenvalue weighted by atomic mass is 10.2. The SMILES string of the molecule is CC=C(C)C.Nc1cccc(C(=O)O)c1. The predicted molar refractivity (Wildman–Crippen MR) is 62.9 cm³/mol. The van der Waals surface area contributed by atoms with Crippen LogP contribution in [0.3, 0.4) is 0 Å². The van der Waals surface area contributed by atoms with Crippen molar-refractivity contribution in [3.63, 3.8) is 0 Å². The summed E-state index contributed by atoms with van der Waals surface area (Å²) in [4.78, 5) is 10.3. The van der Waals surface area contributed by atoms with Crippen molar-refractivity contribution in [3.05, 3.63) is 41.5 Å². The predicted octanol–water partition coefficient (Wildman–Crippen LogP) is 2.94. The Balaban J connectivity index is 0.000000336. The molecule has 1 aromatic carbocycles. The van der Waals surface area contributed by atoms with E-state index in [4.69, 9.17) is 10.8 Å². The smallest absolute Gasteiger partial charge is 0.335 e. The number of rotatable bonds is 1. The zero-order chi connectivity index (χ0) is 11.8. The highest BCUT2D eigenvalue weighted by Crippen LogP contribution is 2.05. The van der Waals surface area contributed by atoms with E-state index in [1.807, 2.05) is 6.92 Å². The number of aromatic carboxylic acids is 1. The molecular weight excluding hydrogens is 190 g/mol. The average molecular weight is 207 g/mol. The second-order valence-electron chi connectivity index (χ2n) is 3.30. The van der Waals surface area contributed by atoms with Gasteiger partial charge >= 0.3 is 5.97 Å². The first-order valence-electron chi connectivity index (χ1n) is 4.65. The molecule has 0 spiro atoms. The van der Waals surface area contributed by atoms with Crippen LogP contribution in [0.5, 0.6) is 0 Å². The number of anilines is 1. The monoisotopic (exact) mass is 207 g/mol. The first-order valence-corrected chi connectivity index (χ1v) is 4.65. The summed E-state index contributed by atoms with van der Waals surface area (Å²) in [5.41, 5.74) is 7.41. The van der Waals surface area contributed by atoms with Crippen LogP contribution in [0.15, 0.2) is 35.9 Å². The van der Waals surface area contributed by atoms with Gasteiger partial charge in [-0.05, 0) is 39.0 Å². The van der Waals surface area contributed by atoms with E-state index in [1.54, 1.807) is 12.1 Å². The molecule has 0 aliphatic rings. The molecule has 0 aliphatic carbocycles. The minimum Gasteiger partial charge on any atom is -0.478 e. The van der Waals surface area contributed by atoms with Gasteiger partial charge in [0.25, 0.3) is 0 Å². The molecule has 0 saturated heterocycles. The van der Waals surface area contributed by atoms with E-state index in [-0.39, 0.29) is 5.56 Å². The number of nitrogen functional groups attached to an aromatic ring is 1. The summed E-state index contributed by atoms with van der Waals surface area (Å²) in [7, 11) is 0. The molecule has 3 heteroatoms. The fraction of sp³-hybridized carbons (Fsp3) is 0.250. The molecule has 1 rings (SSSR count). The van der Waals surface area contributed by atoms with E-state index >= 15 is 0 Å². The van der Waals surface area contributed by atoms with Crippen LogP contribution < -0.4 is 5.73 Å². The molecule has 0 saturated carbocycles. The minimum atomic E-state index is -0.952. The van der Waals surface area contributed by atoms with Crippen LogP contribution in [-0.4, -0.2) is 11.1 Å². The molecule has 0 fully saturated rings. The van der Waals surface area contributed by atoms with Crippen molar-refractivity contribution < 1.29 is 9.90 Å². The maximum absolute atomic E-state index is 10.3. The van der Waals surface area contributed by atoms with Crippen molar-refractivity contribution in [2.75, 3.05) is 5.73 Å². The molecule has 0 amide bonds. The van der Waals surface area contributed by atoms with E-state index in [1.165, 1.54) is 17.7 Å². The molecular formula is C12H17NO2. The fourth-order valence-electron chi connectivity index (χ4n) is 0.672. The number of carboxylic acid groups (broad SMARTS) is 1. The number of benzene rings is 1. The van der Waals surface area contributed by atoms with Crippen molar-refractivity contribution in [3.8, 4) is 0 Å². The van der Waals surface area contributed by atoms with Crippen molar-refractivity contribution in [1.82, 2.24) is 0 Å². The zero-order valence-electron chi connectivity index (χ0n) is 9.32. The van der Waals surface area contributed by atoms with Crippen LogP contribution in [0.4, 0.5) is 5.69 Å². The Labute approximate surface area is 90.2 Å². The summed E-state index contributed by atoms with van der Waals surface area (Å²) in [6, 6.07) is 6.17. The molecule has 0 bridgehead atoms. The number of allylic oxidation sites excluding steroid dienone is 2. The van der Waals surface area contributed by atoms with E-state index in [0.717, 1.165) is 0 Å². The van der Waals surface area contributed by atoms with Gasteiger partial charge in [-0.15, -0.1) is 0 Å². The van der Waals surface area contributed by atoms with Gasteiger partial charge in [0, 0.05) is 5.69 Å². The Hall–Kier alpha value is -1.77. The van der Waals surface area contributed by atoms with Crippen molar-refractivity contribution in [2.45, 2.75) is 20.8 Å². The summed E-state index contributed by atoms with van der Waals surface area (Å²) < 4.78 is 0. The second kappa shape index (κ2) is 6.65. The molecule has 1 aromatic rings. The van der Waals surface area contributed by atoms with Crippen LogP contribution in [-0.2, 0) is 0 Å². The van der Waals surface area contributed by atoms with Crippen LogP contribution in [0.2, 0.25) is 0 Å². The van der Waals surface area contributed by atoms with Crippen molar-refractivity contribution in [2.24, 2.45) is 0 Å². The third kappa shape index (κ3) is 6.32. The van der Waals surface area contributed by atoms with Gasteiger partial charge < -0.3 is 10.8 Å². The topological polar surface area (TPSA) is 63.3 Å². The van der Waals surface area contributed by atoms with Crippen molar-refractivity contribution >= 4 is 11.7 Å². The zero-order valence-corrected chi connectivity index (χ0v) is 9.32. The molecule has 82 valence electrons. The molecule has 0 heterocycles. The molecule has 3 nitrogen and oxygen atoms in total. The number of hydrogen-bond donors (Lipinski definition) is 2. The maximum Gasteiger partial charge on any atom is 0.335 e. The fourth-order valence-corrected chi connectivity index (χ4v) is 0.672. The number of carbonyl (C=O) groups is 1. The molecule has 15 heavy (non-hydrogen) atoms. The second-order valence-corrected chi connectivity index (χ2v) is 3.30. The van der Waals surface area contributed by atoms with Gasteiger partial charge in [0.1, 0.15) is 0 Å². The summed E-state index contributed by atoms with van der Waals surface area (Å²) in [5.74, 6) is -0.952. The van der Waals surface area contributed by atoms with Crippen LogP contribution in [0.1, 0.15) is 31.1 Å².